The van der Waals surface area contributed by atoms with Gasteiger partial charge in [0.05, 0.1) is 6.54 Å². The third-order valence-electron chi connectivity index (χ3n) is 4.53. The van der Waals surface area contributed by atoms with Gasteiger partial charge >= 0.3 is 0 Å². The summed E-state index contributed by atoms with van der Waals surface area (Å²) in [6.45, 7) is 5.44. The van der Waals surface area contributed by atoms with Crippen molar-refractivity contribution in [2.24, 2.45) is 0 Å². The summed E-state index contributed by atoms with van der Waals surface area (Å²) in [6, 6.07) is 10.7. The first-order chi connectivity index (χ1) is 10.4. The molecule has 0 aliphatic carbocycles. The van der Waals surface area contributed by atoms with Crippen LogP contribution in [0.25, 0.3) is 11.4 Å². The maximum atomic E-state index is 5.42. The molecule has 0 saturated carbocycles. The Hall–Kier alpha value is -1.72. The zero-order chi connectivity index (χ0) is 14.1. The third-order valence-corrected chi connectivity index (χ3v) is 4.53. The molecule has 2 aliphatic heterocycles. The van der Waals surface area contributed by atoms with Gasteiger partial charge in [-0.3, -0.25) is 9.80 Å². The van der Waals surface area contributed by atoms with E-state index in [1.54, 1.807) is 0 Å². The largest absolute Gasteiger partial charge is 0.338 e. The molecule has 0 unspecified atom stereocenters. The van der Waals surface area contributed by atoms with Crippen molar-refractivity contribution in [2.45, 2.75) is 25.4 Å². The Morgan fingerprint density at radius 3 is 2.95 bits per heavy atom. The molecule has 5 nitrogen and oxygen atoms in total. The van der Waals surface area contributed by atoms with Crippen molar-refractivity contribution < 1.29 is 4.52 Å². The monoisotopic (exact) mass is 284 g/mol. The molecule has 2 aromatic rings. The van der Waals surface area contributed by atoms with Crippen molar-refractivity contribution in [3.8, 4) is 11.4 Å². The number of nitrogens with zero attached hydrogens (tertiary/aromatic N) is 4. The molecule has 2 aliphatic rings. The first-order valence-corrected chi connectivity index (χ1v) is 7.73. The van der Waals surface area contributed by atoms with E-state index in [9.17, 15) is 0 Å². The third kappa shape index (κ3) is 2.71. The zero-order valence-electron chi connectivity index (χ0n) is 12.1. The average molecular weight is 284 g/mol. The van der Waals surface area contributed by atoms with Crippen LogP contribution in [0.5, 0.6) is 0 Å². The van der Waals surface area contributed by atoms with Crippen molar-refractivity contribution in [3.63, 3.8) is 0 Å². The van der Waals surface area contributed by atoms with E-state index < -0.39 is 0 Å². The van der Waals surface area contributed by atoms with E-state index in [2.05, 4.69) is 19.9 Å². The van der Waals surface area contributed by atoms with Crippen LogP contribution in [0.1, 0.15) is 18.7 Å². The fourth-order valence-corrected chi connectivity index (χ4v) is 3.41. The fraction of sp³-hybridized carbons (Fsp3) is 0.500. The van der Waals surface area contributed by atoms with Crippen LogP contribution in [0, 0.1) is 0 Å². The van der Waals surface area contributed by atoms with Gasteiger partial charge in [-0.25, -0.2) is 0 Å². The molecule has 1 aromatic carbocycles. The first kappa shape index (κ1) is 13.0. The number of rotatable bonds is 3. The van der Waals surface area contributed by atoms with Gasteiger partial charge in [0.15, 0.2) is 0 Å². The lowest BCUT2D eigenvalue weighted by molar-refractivity contribution is 0.0908. The maximum Gasteiger partial charge on any atom is 0.241 e. The van der Waals surface area contributed by atoms with Gasteiger partial charge in [0.25, 0.3) is 0 Å². The number of hydrogen-bond acceptors (Lipinski definition) is 5. The van der Waals surface area contributed by atoms with Gasteiger partial charge in [0, 0.05) is 31.2 Å². The molecule has 5 heteroatoms. The van der Waals surface area contributed by atoms with Gasteiger partial charge < -0.3 is 4.52 Å². The van der Waals surface area contributed by atoms with Crippen LogP contribution in [0.15, 0.2) is 34.9 Å². The number of benzene rings is 1. The van der Waals surface area contributed by atoms with E-state index in [-0.39, 0.29) is 0 Å². The highest BCUT2D eigenvalue weighted by Gasteiger charge is 2.31. The molecule has 21 heavy (non-hydrogen) atoms. The SMILES string of the molecule is c1ccc(-c2noc(CN3CCN4CCC[C@@H]4C3)n2)cc1. The van der Waals surface area contributed by atoms with Crippen LogP contribution in [0.4, 0.5) is 0 Å². The summed E-state index contributed by atoms with van der Waals surface area (Å²) in [7, 11) is 0. The Kier molecular flexibility index (Phi) is 3.45. The molecule has 0 bridgehead atoms. The standard InChI is InChI=1S/C16H20N4O/c1-2-5-13(6-3-1)16-17-15(21-18-16)12-19-9-10-20-8-4-7-14(20)11-19/h1-3,5-6,14H,4,7-12H2/t14-/m1/s1. The Morgan fingerprint density at radius 2 is 2.05 bits per heavy atom. The maximum absolute atomic E-state index is 5.42. The molecule has 3 heterocycles. The summed E-state index contributed by atoms with van der Waals surface area (Å²) in [5.74, 6) is 1.41. The van der Waals surface area contributed by atoms with Crippen molar-refractivity contribution in [1.29, 1.82) is 0 Å². The minimum absolute atomic E-state index is 0.685. The summed E-state index contributed by atoms with van der Waals surface area (Å²) in [5, 5.41) is 4.10. The zero-order valence-corrected chi connectivity index (χ0v) is 12.1. The van der Waals surface area contributed by atoms with Gasteiger partial charge in [0.1, 0.15) is 0 Å². The first-order valence-electron chi connectivity index (χ1n) is 7.73. The molecule has 0 spiro atoms. The quantitative estimate of drug-likeness (QED) is 0.863. The van der Waals surface area contributed by atoms with Crippen LogP contribution in [-0.2, 0) is 6.54 Å². The van der Waals surface area contributed by atoms with Crippen LogP contribution in [0.2, 0.25) is 0 Å². The molecule has 1 atom stereocenters. The predicted octanol–water partition coefficient (Wildman–Crippen LogP) is 2.02. The highest BCUT2D eigenvalue weighted by Crippen LogP contribution is 2.22. The van der Waals surface area contributed by atoms with Gasteiger partial charge in [-0.2, -0.15) is 4.98 Å². The highest BCUT2D eigenvalue weighted by molar-refractivity contribution is 5.53. The van der Waals surface area contributed by atoms with Crippen molar-refractivity contribution in [2.75, 3.05) is 26.2 Å². The number of aromatic nitrogens is 2. The second-order valence-corrected chi connectivity index (χ2v) is 5.94. The topological polar surface area (TPSA) is 45.4 Å². The summed E-state index contributed by atoms with van der Waals surface area (Å²) in [4.78, 5) is 9.58. The molecule has 2 saturated heterocycles. The van der Waals surface area contributed by atoms with Crippen molar-refractivity contribution in [3.05, 3.63) is 36.2 Å². The lowest BCUT2D eigenvalue weighted by atomic mass is 10.1. The van der Waals surface area contributed by atoms with Gasteiger partial charge in [-0.05, 0) is 19.4 Å². The molecule has 0 amide bonds. The summed E-state index contributed by atoms with van der Waals surface area (Å²) in [6.07, 6.45) is 2.67. The lowest BCUT2D eigenvalue weighted by Gasteiger charge is -2.36. The second-order valence-electron chi connectivity index (χ2n) is 5.94. The predicted molar refractivity (Wildman–Crippen MR) is 79.6 cm³/mol. The Balaban J connectivity index is 1.42. The van der Waals surface area contributed by atoms with Crippen LogP contribution < -0.4 is 0 Å². The minimum atomic E-state index is 0.685. The number of hydrogen-bond donors (Lipinski definition) is 0. The van der Waals surface area contributed by atoms with Crippen LogP contribution in [-0.4, -0.2) is 52.2 Å². The van der Waals surface area contributed by atoms with Gasteiger partial charge in [-0.1, -0.05) is 35.5 Å². The Labute approximate surface area is 124 Å². The smallest absolute Gasteiger partial charge is 0.241 e. The number of piperazine rings is 1. The number of fused-ring (bicyclic) bond motifs is 1. The molecule has 110 valence electrons. The van der Waals surface area contributed by atoms with E-state index in [0.29, 0.717) is 5.82 Å². The average Bonchev–Trinajstić information content (AvgIpc) is 3.17. The van der Waals surface area contributed by atoms with E-state index in [4.69, 9.17) is 4.52 Å². The molecule has 2 fully saturated rings. The van der Waals surface area contributed by atoms with Crippen molar-refractivity contribution >= 4 is 0 Å². The molecule has 0 radical (unpaired) electrons. The molecule has 0 N–H and O–H groups in total. The summed E-state index contributed by atoms with van der Waals surface area (Å²) < 4.78 is 5.42. The van der Waals surface area contributed by atoms with E-state index in [1.165, 1.54) is 25.9 Å². The summed E-state index contributed by atoms with van der Waals surface area (Å²) in [5.41, 5.74) is 1.01. The fourth-order valence-electron chi connectivity index (χ4n) is 3.41. The van der Waals surface area contributed by atoms with Crippen LogP contribution in [0.3, 0.4) is 0 Å². The summed E-state index contributed by atoms with van der Waals surface area (Å²) >= 11 is 0. The Morgan fingerprint density at radius 1 is 1.14 bits per heavy atom. The van der Waals surface area contributed by atoms with E-state index in [1.807, 2.05) is 30.3 Å². The normalized spacial score (nSPS) is 23.3. The molecule has 1 aromatic heterocycles. The van der Waals surface area contributed by atoms with Crippen LogP contribution >= 0.6 is 0 Å². The van der Waals surface area contributed by atoms with E-state index in [0.717, 1.165) is 37.1 Å². The molecular weight excluding hydrogens is 264 g/mol. The van der Waals surface area contributed by atoms with Gasteiger partial charge in [0.2, 0.25) is 11.7 Å². The van der Waals surface area contributed by atoms with E-state index >= 15 is 0 Å². The highest BCUT2D eigenvalue weighted by atomic mass is 16.5. The second kappa shape index (κ2) is 5.58. The van der Waals surface area contributed by atoms with Gasteiger partial charge in [-0.15, -0.1) is 0 Å². The Bertz CT molecular complexity index is 597. The minimum Gasteiger partial charge on any atom is -0.338 e. The molecular formula is C16H20N4O. The lowest BCUT2D eigenvalue weighted by Crippen LogP contribution is -2.49. The molecule has 4 rings (SSSR count). The van der Waals surface area contributed by atoms with Crippen molar-refractivity contribution in [1.82, 2.24) is 19.9 Å².